The van der Waals surface area contributed by atoms with Gasteiger partial charge < -0.3 is 24.8 Å². The van der Waals surface area contributed by atoms with Crippen molar-refractivity contribution in [3.63, 3.8) is 0 Å². The lowest BCUT2D eigenvalue weighted by atomic mass is 9.88. The molecule has 1 aliphatic heterocycles. The first-order valence-corrected chi connectivity index (χ1v) is 6.92. The third-order valence-electron chi connectivity index (χ3n) is 3.90. The number of halogens is 1. The van der Waals surface area contributed by atoms with Gasteiger partial charge in [-0.3, -0.25) is 4.79 Å². The fraction of sp³-hybridized carbons (Fsp3) is 0.533. The Kier molecular flexibility index (Phi) is 6.77. The molecule has 1 heterocycles. The van der Waals surface area contributed by atoms with Crippen LogP contribution >= 0.6 is 12.4 Å². The molecule has 0 aromatic heterocycles. The summed E-state index contributed by atoms with van der Waals surface area (Å²) in [5.74, 6) is 1.96. The fourth-order valence-electron chi connectivity index (χ4n) is 2.25. The zero-order valence-electron chi connectivity index (χ0n) is 13.3. The van der Waals surface area contributed by atoms with Gasteiger partial charge >= 0.3 is 0 Å². The average Bonchev–Trinajstić information content (AvgIpc) is 2.44. The van der Waals surface area contributed by atoms with E-state index in [1.165, 1.54) is 0 Å². The zero-order valence-corrected chi connectivity index (χ0v) is 14.1. The molecule has 22 heavy (non-hydrogen) atoms. The summed E-state index contributed by atoms with van der Waals surface area (Å²) in [5.41, 5.74) is 0.583. The van der Waals surface area contributed by atoms with E-state index in [0.717, 1.165) is 13.1 Å². The van der Waals surface area contributed by atoms with Gasteiger partial charge in [-0.2, -0.15) is 0 Å². The van der Waals surface area contributed by atoms with E-state index < -0.39 is 0 Å². The third-order valence-corrected chi connectivity index (χ3v) is 3.90. The number of rotatable bonds is 6. The Morgan fingerprint density at radius 1 is 1.14 bits per heavy atom. The van der Waals surface area contributed by atoms with Crippen molar-refractivity contribution in [1.82, 2.24) is 5.32 Å². The number of anilines is 1. The van der Waals surface area contributed by atoms with Crippen molar-refractivity contribution in [2.24, 2.45) is 11.8 Å². The smallest absolute Gasteiger partial charge is 0.227 e. The van der Waals surface area contributed by atoms with Crippen molar-refractivity contribution < 1.29 is 19.0 Å². The Hall–Kier alpha value is -1.66. The van der Waals surface area contributed by atoms with Crippen LogP contribution in [0.1, 0.15) is 6.92 Å². The van der Waals surface area contributed by atoms with Gasteiger partial charge in [0.05, 0.1) is 27.0 Å². The molecule has 2 rings (SSSR count). The topological polar surface area (TPSA) is 68.8 Å². The number of amides is 1. The van der Waals surface area contributed by atoms with Gasteiger partial charge in [-0.1, -0.05) is 6.92 Å². The molecular weight excluding hydrogens is 308 g/mol. The van der Waals surface area contributed by atoms with Crippen LogP contribution in [0.3, 0.4) is 0 Å². The standard InChI is InChI=1S/C15H22N2O4.ClH/c1-9(10-7-16-8-10)15(18)17-11-5-13(20-3)14(21-4)6-12(11)19-2;/h5-6,9-10,16H,7-8H2,1-4H3,(H,17,18);1H. The lowest BCUT2D eigenvalue weighted by Crippen LogP contribution is -2.48. The summed E-state index contributed by atoms with van der Waals surface area (Å²) in [6.07, 6.45) is 0. The van der Waals surface area contributed by atoms with Crippen LogP contribution in [-0.4, -0.2) is 40.3 Å². The van der Waals surface area contributed by atoms with Crippen molar-refractivity contribution in [3.8, 4) is 17.2 Å². The van der Waals surface area contributed by atoms with Crippen LogP contribution in [0, 0.1) is 11.8 Å². The van der Waals surface area contributed by atoms with E-state index in [9.17, 15) is 4.79 Å². The normalized spacial score (nSPS) is 15.1. The summed E-state index contributed by atoms with van der Waals surface area (Å²) in [7, 11) is 4.66. The molecule has 1 unspecified atom stereocenters. The molecule has 7 heteroatoms. The number of methoxy groups -OCH3 is 3. The predicted octanol–water partition coefficient (Wildman–Crippen LogP) is 1.93. The van der Waals surface area contributed by atoms with Gasteiger partial charge in [0.25, 0.3) is 0 Å². The lowest BCUT2D eigenvalue weighted by Gasteiger charge is -2.31. The van der Waals surface area contributed by atoms with Gasteiger partial charge in [0.15, 0.2) is 11.5 Å². The van der Waals surface area contributed by atoms with Crippen LogP contribution < -0.4 is 24.8 Å². The number of benzene rings is 1. The molecular formula is C15H23ClN2O4. The van der Waals surface area contributed by atoms with Crippen LogP contribution in [0.25, 0.3) is 0 Å². The Morgan fingerprint density at radius 3 is 2.14 bits per heavy atom. The second kappa shape index (κ2) is 8.10. The number of carbonyl (C=O) groups is 1. The van der Waals surface area contributed by atoms with Crippen molar-refractivity contribution in [2.75, 3.05) is 39.7 Å². The van der Waals surface area contributed by atoms with E-state index in [0.29, 0.717) is 28.9 Å². The summed E-state index contributed by atoms with van der Waals surface area (Å²) >= 11 is 0. The molecule has 1 fully saturated rings. The summed E-state index contributed by atoms with van der Waals surface area (Å²) in [5, 5.41) is 6.08. The average molecular weight is 331 g/mol. The highest BCUT2D eigenvalue weighted by molar-refractivity contribution is 5.94. The summed E-state index contributed by atoms with van der Waals surface area (Å²) in [4.78, 5) is 12.3. The highest BCUT2D eigenvalue weighted by Gasteiger charge is 2.29. The molecule has 1 atom stereocenters. The Balaban J connectivity index is 0.00000242. The minimum absolute atomic E-state index is 0. The van der Waals surface area contributed by atoms with Crippen molar-refractivity contribution in [3.05, 3.63) is 12.1 Å². The Labute approximate surface area is 136 Å². The molecule has 0 spiro atoms. The largest absolute Gasteiger partial charge is 0.494 e. The molecule has 6 nitrogen and oxygen atoms in total. The molecule has 1 aromatic rings. The van der Waals surface area contributed by atoms with Crippen LogP contribution in [0.2, 0.25) is 0 Å². The second-order valence-electron chi connectivity index (χ2n) is 5.10. The maximum atomic E-state index is 12.3. The first kappa shape index (κ1) is 18.4. The number of ether oxygens (including phenoxy) is 3. The number of carbonyl (C=O) groups excluding carboxylic acids is 1. The lowest BCUT2D eigenvalue weighted by molar-refractivity contribution is -0.121. The predicted molar refractivity (Wildman–Crippen MR) is 87.5 cm³/mol. The SMILES string of the molecule is COc1cc(OC)c(OC)cc1NC(=O)C(C)C1CNC1.Cl. The summed E-state index contributed by atoms with van der Waals surface area (Å²) in [6, 6.07) is 3.41. The fourth-order valence-corrected chi connectivity index (χ4v) is 2.25. The number of hydrogen-bond donors (Lipinski definition) is 2. The van der Waals surface area contributed by atoms with E-state index in [1.54, 1.807) is 33.5 Å². The molecule has 124 valence electrons. The highest BCUT2D eigenvalue weighted by Crippen LogP contribution is 2.38. The maximum absolute atomic E-state index is 12.3. The first-order valence-electron chi connectivity index (χ1n) is 6.92. The monoisotopic (exact) mass is 330 g/mol. The third kappa shape index (κ3) is 3.75. The van der Waals surface area contributed by atoms with Crippen molar-refractivity contribution in [1.29, 1.82) is 0 Å². The maximum Gasteiger partial charge on any atom is 0.227 e. The van der Waals surface area contributed by atoms with E-state index in [4.69, 9.17) is 14.2 Å². The summed E-state index contributed by atoms with van der Waals surface area (Å²) in [6.45, 7) is 3.71. The van der Waals surface area contributed by atoms with E-state index in [-0.39, 0.29) is 24.2 Å². The van der Waals surface area contributed by atoms with Crippen molar-refractivity contribution in [2.45, 2.75) is 6.92 Å². The van der Waals surface area contributed by atoms with Crippen LogP contribution in [-0.2, 0) is 4.79 Å². The van der Waals surface area contributed by atoms with Gasteiger partial charge in [-0.25, -0.2) is 0 Å². The molecule has 1 amide bonds. The molecule has 2 N–H and O–H groups in total. The zero-order chi connectivity index (χ0) is 15.4. The van der Waals surface area contributed by atoms with E-state index >= 15 is 0 Å². The number of nitrogens with one attached hydrogen (secondary N) is 2. The minimum Gasteiger partial charge on any atom is -0.494 e. The second-order valence-corrected chi connectivity index (χ2v) is 5.10. The molecule has 0 bridgehead atoms. The first-order chi connectivity index (χ1) is 10.1. The van der Waals surface area contributed by atoms with Gasteiger partial charge in [0.1, 0.15) is 5.75 Å². The molecule has 1 aliphatic rings. The van der Waals surface area contributed by atoms with Gasteiger partial charge in [-0.05, 0) is 19.0 Å². The van der Waals surface area contributed by atoms with Gasteiger partial charge in [-0.15, -0.1) is 12.4 Å². The Morgan fingerprint density at radius 2 is 1.68 bits per heavy atom. The molecule has 0 saturated carbocycles. The van der Waals surface area contributed by atoms with Crippen LogP contribution in [0.15, 0.2) is 12.1 Å². The Bertz CT molecular complexity index is 521. The summed E-state index contributed by atoms with van der Waals surface area (Å²) < 4.78 is 15.8. The van der Waals surface area contributed by atoms with E-state index in [2.05, 4.69) is 10.6 Å². The molecule has 1 aromatic carbocycles. The molecule has 1 saturated heterocycles. The van der Waals surface area contributed by atoms with Crippen LogP contribution in [0.4, 0.5) is 5.69 Å². The minimum atomic E-state index is -0.0518. The van der Waals surface area contributed by atoms with Crippen LogP contribution in [0.5, 0.6) is 17.2 Å². The van der Waals surface area contributed by atoms with E-state index in [1.807, 2.05) is 6.92 Å². The van der Waals surface area contributed by atoms with Gasteiger partial charge in [0, 0.05) is 18.1 Å². The van der Waals surface area contributed by atoms with Gasteiger partial charge in [0.2, 0.25) is 5.91 Å². The van der Waals surface area contributed by atoms with Crippen molar-refractivity contribution >= 4 is 24.0 Å². The highest BCUT2D eigenvalue weighted by atomic mass is 35.5. The molecule has 0 aliphatic carbocycles. The molecule has 0 radical (unpaired) electrons. The number of hydrogen-bond acceptors (Lipinski definition) is 5. The quantitative estimate of drug-likeness (QED) is 0.834.